The Morgan fingerprint density at radius 3 is 1.97 bits per heavy atom. The van der Waals surface area contributed by atoms with Gasteiger partial charge >= 0.3 is 0 Å². The molecule has 2 aliphatic rings. The number of carbonyl (C=O) groups excluding carboxylic acids is 1. The number of imidazole rings is 1. The highest BCUT2D eigenvalue weighted by atomic mass is 32.2. The standard InChI is InChI=1S/C52H80N8O10S2/c1-3-4-9-46-58-48-49(60(46)40-41-13-19-62-20-14-41)50-44(57-51(48)53)37-45(72-50)43-11-16-59(17-12-43)18-22-64-24-26-66-28-30-68-32-34-70-36-35-69-33-31-67-29-27-65-25-23-63-21-15-54-47(61)10-7-5-6-8-42-38-55-52(71-2)56-39-42/h37-39,41,43H,3-5,7,9-36,40H2,1-2H3,(H2,53,57)(H,54,61). The van der Waals surface area contributed by atoms with Gasteiger partial charge < -0.3 is 63.1 Å². The summed E-state index contributed by atoms with van der Waals surface area (Å²) in [6.45, 7) is 16.5. The van der Waals surface area contributed by atoms with Crippen LogP contribution in [-0.4, -0.2) is 187 Å². The molecular weight excluding hydrogens is 961 g/mol. The molecule has 400 valence electrons. The Bertz CT molecular complexity index is 2170. The van der Waals surface area contributed by atoms with Gasteiger partial charge in [0.25, 0.3) is 0 Å². The summed E-state index contributed by atoms with van der Waals surface area (Å²) < 4.78 is 54.3. The monoisotopic (exact) mass is 1040 g/mol. The van der Waals surface area contributed by atoms with E-state index in [-0.39, 0.29) is 5.91 Å². The molecule has 2 fully saturated rings. The van der Waals surface area contributed by atoms with Crippen LogP contribution in [0.1, 0.15) is 86.9 Å². The number of pyridine rings is 1. The van der Waals surface area contributed by atoms with Crippen molar-refractivity contribution in [2.45, 2.75) is 88.8 Å². The molecule has 0 aromatic carbocycles. The molecule has 0 bridgehead atoms. The number of aryl methyl sites for hydroxylation is 1. The number of fused-ring (bicyclic) bond motifs is 3. The number of piperidine rings is 1. The van der Waals surface area contributed by atoms with Crippen molar-refractivity contribution >= 4 is 56.1 Å². The summed E-state index contributed by atoms with van der Waals surface area (Å²) in [5.41, 5.74) is 10.4. The molecule has 0 spiro atoms. The van der Waals surface area contributed by atoms with E-state index in [1.54, 1.807) is 12.4 Å². The molecule has 0 saturated carbocycles. The molecular formula is C52H80N8O10S2. The summed E-state index contributed by atoms with van der Waals surface area (Å²) in [6.07, 6.45) is 14.8. The number of nitrogens with zero attached hydrogens (tertiary/aromatic N) is 6. The second-order valence-corrected chi connectivity index (χ2v) is 19.7. The van der Waals surface area contributed by atoms with Gasteiger partial charge in [0.1, 0.15) is 11.3 Å². The van der Waals surface area contributed by atoms with Crippen LogP contribution >= 0.6 is 23.1 Å². The van der Waals surface area contributed by atoms with E-state index in [4.69, 9.17) is 58.3 Å². The number of unbranched alkanes of at least 4 members (excludes halogenated alkanes) is 2. The fourth-order valence-electron chi connectivity index (χ4n) is 8.47. The molecule has 0 radical (unpaired) electrons. The zero-order chi connectivity index (χ0) is 50.3. The van der Waals surface area contributed by atoms with Gasteiger partial charge in [-0.15, -0.1) is 11.3 Å². The van der Waals surface area contributed by atoms with Gasteiger partial charge in [0.05, 0.1) is 127 Å². The van der Waals surface area contributed by atoms with Gasteiger partial charge in [-0.2, -0.15) is 0 Å². The number of nitrogens with one attached hydrogen (secondary N) is 1. The zero-order valence-electron chi connectivity index (χ0n) is 42.9. The number of thiophene rings is 1. The van der Waals surface area contributed by atoms with E-state index in [9.17, 15) is 4.79 Å². The molecule has 4 aromatic heterocycles. The van der Waals surface area contributed by atoms with E-state index in [0.717, 1.165) is 112 Å². The van der Waals surface area contributed by atoms with Crippen molar-refractivity contribution in [3.8, 4) is 11.8 Å². The molecule has 72 heavy (non-hydrogen) atoms. The van der Waals surface area contributed by atoms with Gasteiger partial charge in [-0.05, 0) is 75.8 Å². The van der Waals surface area contributed by atoms with Gasteiger partial charge in [0, 0.05) is 69.4 Å². The van der Waals surface area contributed by atoms with Crippen molar-refractivity contribution in [2.24, 2.45) is 5.92 Å². The first-order chi connectivity index (χ1) is 35.5. The third-order valence-electron chi connectivity index (χ3n) is 12.5. The number of hydrogen-bond acceptors (Lipinski definition) is 18. The topological polar surface area (TPSA) is 198 Å². The Kier molecular flexibility index (Phi) is 27.9. The highest BCUT2D eigenvalue weighted by molar-refractivity contribution is 7.98. The smallest absolute Gasteiger partial charge is 0.220 e. The Morgan fingerprint density at radius 1 is 0.806 bits per heavy atom. The number of ether oxygens (including phenoxy) is 9. The predicted molar refractivity (Wildman–Crippen MR) is 282 cm³/mol. The third-order valence-corrected chi connectivity index (χ3v) is 14.3. The average molecular weight is 1040 g/mol. The molecule has 6 heterocycles. The second kappa shape index (κ2) is 34.8. The lowest BCUT2D eigenvalue weighted by atomic mass is 9.95. The van der Waals surface area contributed by atoms with Crippen molar-refractivity contribution in [3.63, 3.8) is 0 Å². The van der Waals surface area contributed by atoms with E-state index in [1.807, 2.05) is 17.6 Å². The molecule has 18 nitrogen and oxygen atoms in total. The van der Waals surface area contributed by atoms with E-state index < -0.39 is 0 Å². The summed E-state index contributed by atoms with van der Waals surface area (Å²) in [7, 11) is 0. The number of thioether (sulfide) groups is 1. The lowest BCUT2D eigenvalue weighted by Crippen LogP contribution is -2.35. The summed E-state index contributed by atoms with van der Waals surface area (Å²) in [5, 5.41) is 3.58. The summed E-state index contributed by atoms with van der Waals surface area (Å²) in [5.74, 6) is 8.89. The molecule has 0 atom stereocenters. The van der Waals surface area contributed by atoms with Crippen molar-refractivity contribution < 1.29 is 47.4 Å². The molecule has 0 aliphatic carbocycles. The van der Waals surface area contributed by atoms with Gasteiger partial charge in [-0.3, -0.25) is 4.79 Å². The van der Waals surface area contributed by atoms with Crippen LogP contribution in [0.3, 0.4) is 0 Å². The molecule has 2 saturated heterocycles. The fraction of sp³-hybridized carbons (Fsp3) is 0.712. The van der Waals surface area contributed by atoms with Crippen molar-refractivity contribution in [3.05, 3.63) is 34.7 Å². The highest BCUT2D eigenvalue weighted by Crippen LogP contribution is 2.40. The van der Waals surface area contributed by atoms with Crippen LogP contribution in [0.4, 0.5) is 5.82 Å². The van der Waals surface area contributed by atoms with Crippen molar-refractivity contribution in [2.75, 3.05) is 157 Å². The minimum absolute atomic E-state index is 0.00835. The van der Waals surface area contributed by atoms with Gasteiger partial charge in [0.15, 0.2) is 11.0 Å². The van der Waals surface area contributed by atoms with Crippen molar-refractivity contribution in [1.29, 1.82) is 0 Å². The van der Waals surface area contributed by atoms with Crippen LogP contribution < -0.4 is 11.1 Å². The number of nitrogen functional groups attached to an aromatic ring is 1. The average Bonchev–Trinajstić information content (AvgIpc) is 3.99. The van der Waals surface area contributed by atoms with Crippen LogP contribution in [0.15, 0.2) is 23.6 Å². The first kappa shape index (κ1) is 57.7. The summed E-state index contributed by atoms with van der Waals surface area (Å²) >= 11 is 3.39. The number of hydrogen-bond donors (Lipinski definition) is 2. The maximum absolute atomic E-state index is 12.0. The van der Waals surface area contributed by atoms with Crippen LogP contribution in [0.2, 0.25) is 0 Å². The maximum atomic E-state index is 12.0. The number of carbonyl (C=O) groups is 1. The third kappa shape index (κ3) is 21.0. The maximum Gasteiger partial charge on any atom is 0.220 e. The number of anilines is 1. The van der Waals surface area contributed by atoms with Gasteiger partial charge in [-0.1, -0.05) is 36.9 Å². The molecule has 6 rings (SSSR count). The number of amides is 1. The lowest BCUT2D eigenvalue weighted by molar-refractivity contribution is -0.121. The van der Waals surface area contributed by atoms with Crippen molar-refractivity contribution in [1.82, 2.24) is 34.7 Å². The minimum atomic E-state index is -0.00835. The van der Waals surface area contributed by atoms with E-state index in [0.29, 0.717) is 149 Å². The number of rotatable bonds is 37. The second-order valence-electron chi connectivity index (χ2n) is 17.8. The van der Waals surface area contributed by atoms with Crippen LogP contribution in [0, 0.1) is 17.8 Å². The molecule has 20 heteroatoms. The van der Waals surface area contributed by atoms with E-state index in [2.05, 4.69) is 49.6 Å². The normalized spacial score (nSPS) is 14.9. The van der Waals surface area contributed by atoms with E-state index >= 15 is 0 Å². The minimum Gasteiger partial charge on any atom is -0.382 e. The Morgan fingerprint density at radius 2 is 1.39 bits per heavy atom. The summed E-state index contributed by atoms with van der Waals surface area (Å²) in [6, 6.07) is 2.30. The largest absolute Gasteiger partial charge is 0.382 e. The molecule has 2 aliphatic heterocycles. The molecule has 0 unspecified atom stereocenters. The predicted octanol–water partition coefficient (Wildman–Crippen LogP) is 6.16. The zero-order valence-corrected chi connectivity index (χ0v) is 44.5. The van der Waals surface area contributed by atoms with Gasteiger partial charge in [-0.25, -0.2) is 19.9 Å². The fourth-order valence-corrected chi connectivity index (χ4v) is 10.1. The van der Waals surface area contributed by atoms with Crippen LogP contribution in [0.5, 0.6) is 0 Å². The Hall–Kier alpha value is -3.56. The van der Waals surface area contributed by atoms with Crippen LogP contribution in [0.25, 0.3) is 21.3 Å². The number of nitrogens with two attached hydrogens (primary N) is 1. The summed E-state index contributed by atoms with van der Waals surface area (Å²) in [4.78, 5) is 34.3. The number of aromatic nitrogens is 5. The first-order valence-electron chi connectivity index (χ1n) is 26.1. The SMILES string of the molecule is CCCCc1nc2c(N)nc3cc(C4CCN(CCOCCOCCOCCOCCOCCOCCOCCOCCNC(=O)CCCC#Cc5cnc(SC)nc5)CC4)sc3c2n1CC1CCOCC1. The van der Waals surface area contributed by atoms with E-state index in [1.165, 1.54) is 26.9 Å². The number of likely N-dealkylation sites (tertiary alicyclic amines) is 1. The van der Waals surface area contributed by atoms with Gasteiger partial charge in [0.2, 0.25) is 5.91 Å². The quantitative estimate of drug-likeness (QED) is 0.0225. The van der Waals surface area contributed by atoms with Crippen LogP contribution in [-0.2, 0) is 60.4 Å². The molecule has 1 amide bonds. The lowest BCUT2D eigenvalue weighted by Gasteiger charge is -2.31. The Balaban J connectivity index is 0.668. The first-order valence-corrected chi connectivity index (χ1v) is 28.2. The molecule has 3 N–H and O–H groups in total. The molecule has 4 aromatic rings. The highest BCUT2D eigenvalue weighted by Gasteiger charge is 2.26. The Labute approximate surface area is 434 Å².